The fraction of sp³-hybridized carbons (Fsp3) is 0.500. The van der Waals surface area contributed by atoms with Gasteiger partial charge in [-0.3, -0.25) is 14.4 Å². The van der Waals surface area contributed by atoms with Gasteiger partial charge in [0.05, 0.1) is 30.6 Å². The molecular formula is C38H50N4O5. The van der Waals surface area contributed by atoms with Crippen LogP contribution in [0.2, 0.25) is 0 Å². The Balaban J connectivity index is 1.55. The van der Waals surface area contributed by atoms with Gasteiger partial charge in [0.2, 0.25) is 11.8 Å². The molecule has 0 radical (unpaired) electrons. The summed E-state index contributed by atoms with van der Waals surface area (Å²) < 4.78 is 6.75. The predicted octanol–water partition coefficient (Wildman–Crippen LogP) is 4.66. The smallest absolute Gasteiger partial charge is 0.253 e. The molecule has 5 rings (SSSR count). The van der Waals surface area contributed by atoms with E-state index in [0.29, 0.717) is 31.6 Å². The molecule has 252 valence electrons. The number of aliphatic hydroxyl groups is 1. The van der Waals surface area contributed by atoms with E-state index in [9.17, 15) is 19.5 Å². The molecule has 6 atom stereocenters. The lowest BCUT2D eigenvalue weighted by molar-refractivity contribution is -0.148. The predicted molar refractivity (Wildman–Crippen MR) is 185 cm³/mol. The summed E-state index contributed by atoms with van der Waals surface area (Å²) in [6.45, 7) is 18.2. The lowest BCUT2D eigenvalue weighted by Gasteiger charge is -2.40. The van der Waals surface area contributed by atoms with Gasteiger partial charge in [-0.05, 0) is 62.4 Å². The van der Waals surface area contributed by atoms with Crippen molar-refractivity contribution in [2.45, 2.75) is 70.9 Å². The van der Waals surface area contributed by atoms with Gasteiger partial charge in [-0.1, -0.05) is 56.3 Å². The van der Waals surface area contributed by atoms with E-state index >= 15 is 0 Å². The first-order valence-corrected chi connectivity index (χ1v) is 17.0. The van der Waals surface area contributed by atoms with Gasteiger partial charge in [-0.2, -0.15) is 0 Å². The van der Waals surface area contributed by atoms with Gasteiger partial charge in [0.25, 0.3) is 5.91 Å². The highest BCUT2D eigenvalue weighted by molar-refractivity contribution is 6.05. The normalized spacial score (nSPS) is 25.1. The van der Waals surface area contributed by atoms with Crippen molar-refractivity contribution in [1.82, 2.24) is 9.80 Å². The zero-order chi connectivity index (χ0) is 33.9. The molecule has 2 aromatic carbocycles. The summed E-state index contributed by atoms with van der Waals surface area (Å²) in [6.07, 6.45) is 3.93. The molecular weight excluding hydrogens is 592 g/mol. The summed E-state index contributed by atoms with van der Waals surface area (Å²) in [5.74, 6) is -2.49. The minimum absolute atomic E-state index is 0.141. The van der Waals surface area contributed by atoms with Gasteiger partial charge < -0.3 is 29.4 Å². The maximum Gasteiger partial charge on any atom is 0.253 e. The van der Waals surface area contributed by atoms with Gasteiger partial charge in [-0.25, -0.2) is 0 Å². The first kappa shape index (κ1) is 34.4. The number of rotatable bonds is 15. The zero-order valence-corrected chi connectivity index (χ0v) is 28.3. The highest BCUT2D eigenvalue weighted by Gasteiger charge is 2.75. The Bertz CT molecular complexity index is 1440. The molecule has 1 N–H and O–H groups in total. The molecule has 3 fully saturated rings. The number of benzene rings is 2. The van der Waals surface area contributed by atoms with E-state index in [4.69, 9.17) is 4.74 Å². The first-order chi connectivity index (χ1) is 22.7. The summed E-state index contributed by atoms with van der Waals surface area (Å²) >= 11 is 0. The lowest BCUT2D eigenvalue weighted by Crippen LogP contribution is -2.59. The van der Waals surface area contributed by atoms with Crippen LogP contribution in [0.1, 0.15) is 46.1 Å². The van der Waals surface area contributed by atoms with Gasteiger partial charge in [0, 0.05) is 44.1 Å². The van der Waals surface area contributed by atoms with Crippen LogP contribution in [-0.2, 0) is 25.7 Å². The van der Waals surface area contributed by atoms with Crippen LogP contribution in [0.15, 0.2) is 79.9 Å². The maximum absolute atomic E-state index is 14.9. The van der Waals surface area contributed by atoms with Crippen molar-refractivity contribution in [1.29, 1.82) is 0 Å². The Labute approximate surface area is 279 Å². The molecule has 0 aromatic heterocycles. The Morgan fingerprint density at radius 3 is 2.21 bits per heavy atom. The highest BCUT2D eigenvalue weighted by atomic mass is 16.5. The number of likely N-dealkylation sites (tertiary alicyclic amines) is 1. The number of nitrogens with zero attached hydrogens (tertiary/aromatic N) is 4. The van der Waals surface area contributed by atoms with E-state index in [1.165, 1.54) is 0 Å². The summed E-state index contributed by atoms with van der Waals surface area (Å²) in [7, 11) is 0. The van der Waals surface area contributed by atoms with Crippen LogP contribution in [0.5, 0.6) is 0 Å². The molecule has 3 amide bonds. The number of hydrogen-bond acceptors (Lipinski definition) is 6. The van der Waals surface area contributed by atoms with E-state index in [1.54, 1.807) is 26.9 Å². The summed E-state index contributed by atoms with van der Waals surface area (Å²) in [5, 5.41) is 10.6. The van der Waals surface area contributed by atoms with Crippen molar-refractivity contribution in [3.8, 4) is 0 Å². The zero-order valence-electron chi connectivity index (χ0n) is 28.3. The first-order valence-electron chi connectivity index (χ1n) is 17.0. The number of carbonyl (C=O) groups excluding carboxylic acids is 3. The number of aliphatic hydroxyl groups excluding tert-OH is 1. The number of anilines is 2. The maximum atomic E-state index is 14.9. The van der Waals surface area contributed by atoms with E-state index in [2.05, 4.69) is 31.9 Å². The van der Waals surface area contributed by atoms with Crippen LogP contribution in [0.3, 0.4) is 0 Å². The third-order valence-corrected chi connectivity index (χ3v) is 10.3. The average Bonchev–Trinajstić information content (AvgIpc) is 3.72. The Morgan fingerprint density at radius 2 is 1.64 bits per heavy atom. The molecule has 2 aromatic rings. The Hall–Kier alpha value is -3.95. The van der Waals surface area contributed by atoms with Crippen molar-refractivity contribution in [2.24, 2.45) is 17.8 Å². The average molecular weight is 643 g/mol. The molecule has 47 heavy (non-hydrogen) atoms. The van der Waals surface area contributed by atoms with Crippen molar-refractivity contribution in [3.05, 3.63) is 85.5 Å². The largest absolute Gasteiger partial charge is 0.394 e. The van der Waals surface area contributed by atoms with Crippen LogP contribution in [0, 0.1) is 17.8 Å². The number of amides is 3. The Morgan fingerprint density at radius 1 is 1.00 bits per heavy atom. The summed E-state index contributed by atoms with van der Waals surface area (Å²) in [5.41, 5.74) is 1.53. The summed E-state index contributed by atoms with van der Waals surface area (Å²) in [4.78, 5) is 51.3. The fourth-order valence-corrected chi connectivity index (χ4v) is 8.06. The third-order valence-electron chi connectivity index (χ3n) is 10.3. The molecule has 3 aliphatic heterocycles. The van der Waals surface area contributed by atoms with Gasteiger partial charge in [0.15, 0.2) is 0 Å². The number of carbonyl (C=O) groups is 3. The van der Waals surface area contributed by atoms with Gasteiger partial charge in [0.1, 0.15) is 11.6 Å². The minimum Gasteiger partial charge on any atom is -0.394 e. The second-order valence-corrected chi connectivity index (χ2v) is 13.2. The third kappa shape index (κ3) is 6.11. The SMILES string of the molecule is C=CCN(Cc1ccccc1)C(=O)[C@@H]1[C@@H]2CCC3(O2)C(C(=O)N(CC=C)c2ccc(N(CC)CC)cc2)N([C@@H](CO)C(C)C)C(=O)[C@H]13. The van der Waals surface area contributed by atoms with Gasteiger partial charge >= 0.3 is 0 Å². The number of hydrogen-bond donors (Lipinski definition) is 1. The molecule has 2 unspecified atom stereocenters. The second kappa shape index (κ2) is 14.4. The van der Waals surface area contributed by atoms with Crippen molar-refractivity contribution in [3.63, 3.8) is 0 Å². The van der Waals surface area contributed by atoms with E-state index in [-0.39, 0.29) is 36.8 Å². The second-order valence-electron chi connectivity index (χ2n) is 13.2. The fourth-order valence-electron chi connectivity index (χ4n) is 8.06. The van der Waals surface area contributed by atoms with Crippen LogP contribution in [0.4, 0.5) is 11.4 Å². The van der Waals surface area contributed by atoms with E-state index in [1.807, 2.05) is 68.4 Å². The van der Waals surface area contributed by atoms with Crippen molar-refractivity contribution in [2.75, 3.05) is 42.6 Å². The minimum atomic E-state index is -1.19. The molecule has 0 saturated carbocycles. The lowest BCUT2D eigenvalue weighted by atomic mass is 9.70. The van der Waals surface area contributed by atoms with E-state index < -0.39 is 35.6 Å². The van der Waals surface area contributed by atoms with Gasteiger partial charge in [-0.15, -0.1) is 13.2 Å². The molecule has 9 heteroatoms. The number of fused-ring (bicyclic) bond motifs is 1. The van der Waals surface area contributed by atoms with E-state index in [0.717, 1.165) is 24.3 Å². The quantitative estimate of drug-likeness (QED) is 0.284. The van der Waals surface area contributed by atoms with Crippen LogP contribution >= 0.6 is 0 Å². The highest BCUT2D eigenvalue weighted by Crippen LogP contribution is 2.59. The van der Waals surface area contributed by atoms with Crippen LogP contribution in [0.25, 0.3) is 0 Å². The molecule has 3 heterocycles. The molecule has 1 spiro atoms. The van der Waals surface area contributed by atoms with Crippen LogP contribution < -0.4 is 9.80 Å². The van der Waals surface area contributed by atoms with Crippen LogP contribution in [-0.4, -0.2) is 89.2 Å². The molecule has 0 aliphatic carbocycles. The Kier molecular flexibility index (Phi) is 10.6. The topological polar surface area (TPSA) is 93.6 Å². The monoisotopic (exact) mass is 642 g/mol. The standard InChI is InChI=1S/C38H50N4O5/c1-7-22-40(24-27-14-12-11-13-15-27)35(44)32-31-20-21-38(47-31)33(32)36(45)42(30(25-43)26(5)6)34(38)37(46)41(23-8-2)29-18-16-28(17-19-29)39(9-3)10-4/h7-8,11-19,26,30-34,43H,1-2,9-10,20-25H2,3-6H3/t30-,31-,32+,33-,34?,38?/m0/s1. The molecule has 2 bridgehead atoms. The molecule has 9 nitrogen and oxygen atoms in total. The molecule has 3 saturated heterocycles. The summed E-state index contributed by atoms with van der Waals surface area (Å²) in [6, 6.07) is 16.0. The molecule has 3 aliphatic rings. The number of ether oxygens (including phenoxy) is 1. The van der Waals surface area contributed by atoms with Crippen molar-refractivity contribution < 1.29 is 24.2 Å². The van der Waals surface area contributed by atoms with Crippen molar-refractivity contribution >= 4 is 29.1 Å².